The average Bonchev–Trinajstić information content (AvgIpc) is 3.20. The summed E-state index contributed by atoms with van der Waals surface area (Å²) in [5.41, 5.74) is 0.974. The minimum Gasteiger partial charge on any atom is -0.321 e. The Morgan fingerprint density at radius 1 is 1.07 bits per heavy atom. The van der Waals surface area contributed by atoms with Crippen LogP contribution in [0.5, 0.6) is 0 Å². The molecular formula is C21H21N3O4S2. The Morgan fingerprint density at radius 3 is 2.43 bits per heavy atom. The molecule has 30 heavy (non-hydrogen) atoms. The minimum absolute atomic E-state index is 0.0187. The first-order valence-corrected chi connectivity index (χ1v) is 11.8. The molecule has 2 heterocycles. The number of benzene rings is 2. The van der Waals surface area contributed by atoms with E-state index in [0.29, 0.717) is 42.3 Å². The molecule has 3 aromatic rings. The molecule has 2 N–H and O–H groups in total. The standard InChI is InChI=1S/C21H21N3O4S2/c1-14(25)19-13-16-3-2-4-18(20(16)29-19)23-21(26)15-5-7-17(8-6-15)30(27,28)24-11-9-22-10-12-24/h2-8,13,22H,9-12H2,1H3,(H,23,26). The number of thiophene rings is 1. The molecule has 4 rings (SSSR count). The molecule has 0 bridgehead atoms. The molecule has 1 saturated heterocycles. The number of ketones is 1. The Kier molecular flexibility index (Phi) is 5.70. The summed E-state index contributed by atoms with van der Waals surface area (Å²) in [6.45, 7) is 3.62. The first-order valence-electron chi connectivity index (χ1n) is 9.52. The summed E-state index contributed by atoms with van der Waals surface area (Å²) >= 11 is 1.34. The van der Waals surface area contributed by atoms with Crippen LogP contribution in [0.1, 0.15) is 27.0 Å². The van der Waals surface area contributed by atoms with Crippen LogP contribution < -0.4 is 10.6 Å². The van der Waals surface area contributed by atoms with E-state index in [1.807, 2.05) is 18.2 Å². The third-order valence-corrected chi connectivity index (χ3v) is 8.17. The molecule has 1 amide bonds. The molecule has 0 saturated carbocycles. The van der Waals surface area contributed by atoms with Gasteiger partial charge in [-0.3, -0.25) is 9.59 Å². The van der Waals surface area contributed by atoms with Gasteiger partial charge in [0.2, 0.25) is 10.0 Å². The Bertz CT molecular complexity index is 1210. The molecule has 0 aliphatic carbocycles. The van der Waals surface area contributed by atoms with Crippen molar-refractivity contribution in [1.29, 1.82) is 0 Å². The average molecular weight is 444 g/mol. The molecule has 1 aliphatic heterocycles. The summed E-state index contributed by atoms with van der Waals surface area (Å²) in [4.78, 5) is 25.2. The summed E-state index contributed by atoms with van der Waals surface area (Å²) in [6.07, 6.45) is 0. The van der Waals surface area contributed by atoms with Gasteiger partial charge in [0.05, 0.1) is 20.2 Å². The third kappa shape index (κ3) is 4.01. The smallest absolute Gasteiger partial charge is 0.255 e. The number of anilines is 1. The first-order chi connectivity index (χ1) is 14.4. The molecule has 0 radical (unpaired) electrons. The maximum absolute atomic E-state index is 12.7. The van der Waals surface area contributed by atoms with Crippen molar-refractivity contribution in [1.82, 2.24) is 9.62 Å². The predicted molar refractivity (Wildman–Crippen MR) is 118 cm³/mol. The molecular weight excluding hydrogens is 422 g/mol. The van der Waals surface area contributed by atoms with Crippen molar-refractivity contribution in [3.63, 3.8) is 0 Å². The highest BCUT2D eigenvalue weighted by Crippen LogP contribution is 2.32. The van der Waals surface area contributed by atoms with E-state index in [1.54, 1.807) is 6.07 Å². The Hall–Kier alpha value is -2.59. The number of Topliss-reactive ketones (excluding diaryl/α,β-unsaturated/α-hetero) is 1. The van der Waals surface area contributed by atoms with Crippen LogP contribution >= 0.6 is 11.3 Å². The van der Waals surface area contributed by atoms with Crippen molar-refractivity contribution >= 4 is 48.8 Å². The largest absolute Gasteiger partial charge is 0.321 e. The minimum atomic E-state index is -3.57. The molecule has 7 nitrogen and oxygen atoms in total. The number of nitrogens with one attached hydrogen (secondary N) is 2. The van der Waals surface area contributed by atoms with Gasteiger partial charge in [0.15, 0.2) is 5.78 Å². The van der Waals surface area contributed by atoms with E-state index in [4.69, 9.17) is 0 Å². The van der Waals surface area contributed by atoms with E-state index in [1.165, 1.54) is 46.8 Å². The number of hydrogen-bond acceptors (Lipinski definition) is 6. The van der Waals surface area contributed by atoms with Gasteiger partial charge in [-0.15, -0.1) is 11.3 Å². The van der Waals surface area contributed by atoms with Crippen molar-refractivity contribution in [3.05, 3.63) is 59.0 Å². The monoisotopic (exact) mass is 443 g/mol. The lowest BCUT2D eigenvalue weighted by atomic mass is 10.2. The van der Waals surface area contributed by atoms with Crippen LogP contribution in [-0.4, -0.2) is 50.6 Å². The van der Waals surface area contributed by atoms with Gasteiger partial charge < -0.3 is 10.6 Å². The van der Waals surface area contributed by atoms with Gasteiger partial charge in [-0.2, -0.15) is 4.31 Å². The number of carbonyl (C=O) groups is 2. The van der Waals surface area contributed by atoms with Crippen molar-refractivity contribution in [2.45, 2.75) is 11.8 Å². The van der Waals surface area contributed by atoms with Crippen LogP contribution in [-0.2, 0) is 10.0 Å². The van der Waals surface area contributed by atoms with Crippen LogP contribution in [0.2, 0.25) is 0 Å². The maximum atomic E-state index is 12.7. The van der Waals surface area contributed by atoms with Crippen LogP contribution in [0.15, 0.2) is 53.4 Å². The summed E-state index contributed by atoms with van der Waals surface area (Å²) in [5.74, 6) is -0.360. The van der Waals surface area contributed by atoms with E-state index in [9.17, 15) is 18.0 Å². The fourth-order valence-corrected chi connectivity index (χ4v) is 5.81. The fourth-order valence-electron chi connectivity index (χ4n) is 3.34. The number of fused-ring (bicyclic) bond motifs is 1. The zero-order valence-corrected chi connectivity index (χ0v) is 18.0. The topological polar surface area (TPSA) is 95.6 Å². The third-order valence-electron chi connectivity index (χ3n) is 4.97. The lowest BCUT2D eigenvalue weighted by molar-refractivity contribution is 0.101. The van der Waals surface area contributed by atoms with E-state index in [0.717, 1.165) is 10.1 Å². The Balaban J connectivity index is 1.55. The van der Waals surface area contributed by atoms with Crippen molar-refractivity contribution in [3.8, 4) is 0 Å². The lowest BCUT2D eigenvalue weighted by Gasteiger charge is -2.26. The van der Waals surface area contributed by atoms with E-state index in [2.05, 4.69) is 10.6 Å². The molecule has 156 valence electrons. The second-order valence-corrected chi connectivity index (χ2v) is 10.0. The number of carbonyl (C=O) groups excluding carboxylic acids is 2. The van der Waals surface area contributed by atoms with Gasteiger partial charge in [0, 0.05) is 31.7 Å². The van der Waals surface area contributed by atoms with Crippen molar-refractivity contribution < 1.29 is 18.0 Å². The summed E-state index contributed by atoms with van der Waals surface area (Å²) in [7, 11) is -3.57. The van der Waals surface area contributed by atoms with Gasteiger partial charge in [-0.1, -0.05) is 12.1 Å². The van der Waals surface area contributed by atoms with Gasteiger partial charge in [-0.25, -0.2) is 8.42 Å². The normalized spacial score (nSPS) is 15.2. The van der Waals surface area contributed by atoms with Crippen LogP contribution in [0.3, 0.4) is 0 Å². The SMILES string of the molecule is CC(=O)c1cc2cccc(NC(=O)c3ccc(S(=O)(=O)N4CCNCC4)cc3)c2s1. The molecule has 9 heteroatoms. The fraction of sp³-hybridized carbons (Fsp3) is 0.238. The zero-order valence-electron chi connectivity index (χ0n) is 16.3. The van der Waals surface area contributed by atoms with Crippen LogP contribution in [0, 0.1) is 0 Å². The van der Waals surface area contributed by atoms with Crippen LogP contribution in [0.25, 0.3) is 10.1 Å². The predicted octanol–water partition coefficient (Wildman–Crippen LogP) is 2.95. The first kappa shape index (κ1) is 20.7. The zero-order chi connectivity index (χ0) is 21.3. The second kappa shape index (κ2) is 8.27. The maximum Gasteiger partial charge on any atom is 0.255 e. The van der Waals surface area contributed by atoms with E-state index < -0.39 is 10.0 Å². The summed E-state index contributed by atoms with van der Waals surface area (Å²) < 4.78 is 27.7. The van der Waals surface area contributed by atoms with Crippen LogP contribution in [0.4, 0.5) is 5.69 Å². The van der Waals surface area contributed by atoms with Gasteiger partial charge in [0.1, 0.15) is 0 Å². The van der Waals surface area contributed by atoms with Crippen molar-refractivity contribution in [2.75, 3.05) is 31.5 Å². The molecule has 1 aromatic heterocycles. The molecule has 2 aromatic carbocycles. The number of hydrogen-bond donors (Lipinski definition) is 2. The van der Waals surface area contributed by atoms with Gasteiger partial charge >= 0.3 is 0 Å². The summed E-state index contributed by atoms with van der Waals surface area (Å²) in [6, 6.07) is 13.3. The highest BCUT2D eigenvalue weighted by molar-refractivity contribution is 7.89. The Labute approximate surface area is 178 Å². The molecule has 1 aliphatic rings. The van der Waals surface area contributed by atoms with Gasteiger partial charge in [0.25, 0.3) is 5.91 Å². The number of rotatable bonds is 5. The number of piperazine rings is 1. The van der Waals surface area contributed by atoms with Crippen molar-refractivity contribution in [2.24, 2.45) is 0 Å². The number of sulfonamides is 1. The number of amides is 1. The number of nitrogens with zero attached hydrogens (tertiary/aromatic N) is 1. The summed E-state index contributed by atoms with van der Waals surface area (Å²) in [5, 5.41) is 6.89. The van der Waals surface area contributed by atoms with E-state index in [-0.39, 0.29) is 16.6 Å². The highest BCUT2D eigenvalue weighted by atomic mass is 32.2. The van der Waals surface area contributed by atoms with Gasteiger partial charge in [-0.05, 0) is 48.7 Å². The quantitative estimate of drug-likeness (QED) is 0.591. The molecule has 1 fully saturated rings. The molecule has 0 unspecified atom stereocenters. The Morgan fingerprint density at radius 2 is 1.77 bits per heavy atom. The molecule has 0 atom stereocenters. The van der Waals surface area contributed by atoms with E-state index >= 15 is 0 Å². The highest BCUT2D eigenvalue weighted by Gasteiger charge is 2.26. The molecule has 0 spiro atoms. The second-order valence-electron chi connectivity index (χ2n) is 7.02. The lowest BCUT2D eigenvalue weighted by Crippen LogP contribution is -2.46.